The first-order valence-corrected chi connectivity index (χ1v) is 5.18. The molecule has 1 heterocycles. The number of esters is 1. The molecule has 1 aromatic rings. The molecule has 2 N–H and O–H groups in total. The van der Waals surface area contributed by atoms with Crippen LogP contribution in [0.4, 0.5) is 13.2 Å². The van der Waals surface area contributed by atoms with Gasteiger partial charge in [-0.2, -0.15) is 13.2 Å². The SMILES string of the molecule is CCOC(=O)/C=C(/n1cccc(O)c1=N)C(F)(F)F. The first-order valence-electron chi connectivity index (χ1n) is 5.18. The lowest BCUT2D eigenvalue weighted by molar-refractivity contribution is -0.137. The Morgan fingerprint density at radius 2 is 2.21 bits per heavy atom. The van der Waals surface area contributed by atoms with Gasteiger partial charge in [0.05, 0.1) is 12.7 Å². The van der Waals surface area contributed by atoms with Crippen molar-refractivity contribution in [3.05, 3.63) is 29.9 Å². The Hall–Kier alpha value is -2.25. The van der Waals surface area contributed by atoms with Crippen molar-refractivity contribution in [3.63, 3.8) is 0 Å². The maximum absolute atomic E-state index is 12.9. The van der Waals surface area contributed by atoms with Crippen LogP contribution >= 0.6 is 0 Å². The average Bonchev–Trinajstić information content (AvgIpc) is 2.29. The lowest BCUT2D eigenvalue weighted by atomic mass is 10.3. The van der Waals surface area contributed by atoms with E-state index in [0.29, 0.717) is 4.57 Å². The predicted molar refractivity (Wildman–Crippen MR) is 58.9 cm³/mol. The molecule has 104 valence electrons. The molecule has 0 saturated heterocycles. The van der Waals surface area contributed by atoms with Gasteiger partial charge in [0, 0.05) is 6.20 Å². The Bertz CT molecular complexity index is 561. The van der Waals surface area contributed by atoms with Gasteiger partial charge < -0.3 is 9.84 Å². The summed E-state index contributed by atoms with van der Waals surface area (Å²) in [6.07, 6.45) is -3.72. The highest BCUT2D eigenvalue weighted by molar-refractivity contribution is 5.88. The molecule has 0 saturated carbocycles. The van der Waals surface area contributed by atoms with Gasteiger partial charge in [0.2, 0.25) is 0 Å². The first-order chi connectivity index (χ1) is 8.77. The number of allylic oxidation sites excluding steroid dienone is 1. The summed E-state index contributed by atoms with van der Waals surface area (Å²) in [4.78, 5) is 11.1. The van der Waals surface area contributed by atoms with Crippen LogP contribution in [0, 0.1) is 5.41 Å². The number of carbonyl (C=O) groups excluding carboxylic acids is 1. The van der Waals surface area contributed by atoms with Gasteiger partial charge in [0.1, 0.15) is 5.70 Å². The lowest BCUT2D eigenvalue weighted by Crippen LogP contribution is -2.27. The van der Waals surface area contributed by atoms with Crippen LogP contribution in [0.15, 0.2) is 24.4 Å². The van der Waals surface area contributed by atoms with Crippen LogP contribution in [-0.4, -0.2) is 28.4 Å². The van der Waals surface area contributed by atoms with Crippen LogP contribution < -0.4 is 5.49 Å². The average molecular weight is 276 g/mol. The van der Waals surface area contributed by atoms with E-state index in [2.05, 4.69) is 4.74 Å². The van der Waals surface area contributed by atoms with Gasteiger partial charge >= 0.3 is 12.1 Å². The summed E-state index contributed by atoms with van der Waals surface area (Å²) in [6.45, 7) is 1.38. The van der Waals surface area contributed by atoms with E-state index in [1.165, 1.54) is 6.92 Å². The number of nitrogens with one attached hydrogen (secondary N) is 1. The third-order valence-corrected chi connectivity index (χ3v) is 2.06. The number of alkyl halides is 3. The minimum Gasteiger partial charge on any atom is -0.504 e. The summed E-state index contributed by atoms with van der Waals surface area (Å²) in [5, 5.41) is 16.6. The molecule has 0 bridgehead atoms. The van der Waals surface area contributed by atoms with Gasteiger partial charge in [0.15, 0.2) is 11.2 Å². The van der Waals surface area contributed by atoms with Crippen molar-refractivity contribution in [3.8, 4) is 5.75 Å². The van der Waals surface area contributed by atoms with Crippen molar-refractivity contribution in [1.82, 2.24) is 4.57 Å². The van der Waals surface area contributed by atoms with Crippen LogP contribution in [-0.2, 0) is 9.53 Å². The number of aromatic hydroxyl groups is 1. The molecular formula is C11H11F3N2O3. The van der Waals surface area contributed by atoms with Crippen molar-refractivity contribution in [2.24, 2.45) is 0 Å². The Morgan fingerprint density at radius 3 is 2.74 bits per heavy atom. The Morgan fingerprint density at radius 1 is 1.58 bits per heavy atom. The second-order valence-corrected chi connectivity index (χ2v) is 3.39. The van der Waals surface area contributed by atoms with Crippen molar-refractivity contribution in [1.29, 1.82) is 5.41 Å². The molecule has 1 rings (SSSR count). The van der Waals surface area contributed by atoms with Crippen LogP contribution in [0.1, 0.15) is 6.92 Å². The number of rotatable bonds is 3. The van der Waals surface area contributed by atoms with Gasteiger partial charge in [-0.05, 0) is 19.1 Å². The molecule has 0 fully saturated rings. The largest absolute Gasteiger partial charge is 0.504 e. The number of ether oxygens (including phenoxy) is 1. The predicted octanol–water partition coefficient (Wildman–Crippen LogP) is 1.64. The summed E-state index contributed by atoms with van der Waals surface area (Å²) in [6, 6.07) is 2.19. The van der Waals surface area contributed by atoms with E-state index in [9.17, 15) is 23.1 Å². The van der Waals surface area contributed by atoms with Crippen molar-refractivity contribution in [2.45, 2.75) is 13.1 Å². The molecule has 0 unspecified atom stereocenters. The molecule has 0 aliphatic heterocycles. The van der Waals surface area contributed by atoms with E-state index >= 15 is 0 Å². The molecular weight excluding hydrogens is 265 g/mol. The van der Waals surface area contributed by atoms with Gasteiger partial charge in [-0.15, -0.1) is 0 Å². The monoisotopic (exact) mass is 276 g/mol. The summed E-state index contributed by atoms with van der Waals surface area (Å²) in [7, 11) is 0. The Kier molecular flexibility index (Phi) is 4.36. The molecule has 0 aromatic carbocycles. The van der Waals surface area contributed by atoms with E-state index in [0.717, 1.165) is 18.3 Å². The number of carbonyl (C=O) groups is 1. The minimum atomic E-state index is -4.87. The maximum atomic E-state index is 12.9. The number of nitrogens with zero attached hydrogens (tertiary/aromatic N) is 1. The highest BCUT2D eigenvalue weighted by Crippen LogP contribution is 2.28. The lowest BCUT2D eigenvalue weighted by Gasteiger charge is -2.15. The summed E-state index contributed by atoms with van der Waals surface area (Å²) in [5.74, 6) is -1.81. The minimum absolute atomic E-state index is 0.0705. The highest BCUT2D eigenvalue weighted by atomic mass is 19.4. The first kappa shape index (κ1) is 14.8. The van der Waals surface area contributed by atoms with Crippen LogP contribution in [0.25, 0.3) is 5.70 Å². The molecule has 0 amide bonds. The van der Waals surface area contributed by atoms with E-state index in [1.54, 1.807) is 0 Å². The van der Waals surface area contributed by atoms with Crippen LogP contribution in [0.5, 0.6) is 5.75 Å². The molecule has 5 nitrogen and oxygen atoms in total. The second kappa shape index (κ2) is 5.59. The summed E-state index contributed by atoms with van der Waals surface area (Å²) in [5.41, 5.74) is -2.19. The molecule has 1 aromatic heterocycles. The van der Waals surface area contributed by atoms with Crippen LogP contribution in [0.2, 0.25) is 0 Å². The van der Waals surface area contributed by atoms with Gasteiger partial charge in [-0.1, -0.05) is 0 Å². The molecule has 8 heteroatoms. The number of pyridine rings is 1. The van der Waals surface area contributed by atoms with E-state index < -0.39 is 29.1 Å². The van der Waals surface area contributed by atoms with Crippen molar-refractivity contribution < 1.29 is 27.8 Å². The zero-order valence-electron chi connectivity index (χ0n) is 9.86. The van der Waals surface area contributed by atoms with Crippen LogP contribution in [0.3, 0.4) is 0 Å². The third-order valence-electron chi connectivity index (χ3n) is 2.06. The molecule has 0 atom stereocenters. The third kappa shape index (κ3) is 3.60. The number of aromatic nitrogens is 1. The quantitative estimate of drug-likeness (QED) is 0.651. The molecule has 0 aliphatic carbocycles. The zero-order valence-corrected chi connectivity index (χ0v) is 9.86. The second-order valence-electron chi connectivity index (χ2n) is 3.39. The number of hydrogen-bond acceptors (Lipinski definition) is 4. The molecule has 19 heavy (non-hydrogen) atoms. The van der Waals surface area contributed by atoms with Crippen molar-refractivity contribution in [2.75, 3.05) is 6.61 Å². The highest BCUT2D eigenvalue weighted by Gasteiger charge is 2.36. The summed E-state index contributed by atoms with van der Waals surface area (Å²) < 4.78 is 43.3. The van der Waals surface area contributed by atoms with E-state index in [1.807, 2.05) is 0 Å². The zero-order chi connectivity index (χ0) is 14.6. The summed E-state index contributed by atoms with van der Waals surface area (Å²) >= 11 is 0. The van der Waals surface area contributed by atoms with Gasteiger partial charge in [0.25, 0.3) is 0 Å². The van der Waals surface area contributed by atoms with Gasteiger partial charge in [-0.25, -0.2) is 4.79 Å². The van der Waals surface area contributed by atoms with E-state index in [-0.39, 0.29) is 12.7 Å². The number of hydrogen-bond donors (Lipinski definition) is 2. The Labute approximate surface area is 106 Å². The molecule has 0 radical (unpaired) electrons. The Balaban J connectivity index is 3.38. The molecule has 0 aliphatic rings. The van der Waals surface area contributed by atoms with E-state index in [4.69, 9.17) is 5.41 Å². The maximum Gasteiger partial charge on any atom is 0.432 e. The normalized spacial score (nSPS) is 12.3. The number of halogens is 3. The fourth-order valence-electron chi connectivity index (χ4n) is 1.28. The smallest absolute Gasteiger partial charge is 0.432 e. The van der Waals surface area contributed by atoms with Gasteiger partial charge in [-0.3, -0.25) is 9.98 Å². The fraction of sp³-hybridized carbons (Fsp3) is 0.273. The topological polar surface area (TPSA) is 75.3 Å². The fourth-order valence-corrected chi connectivity index (χ4v) is 1.28. The molecule has 0 spiro atoms. The van der Waals surface area contributed by atoms with Crippen molar-refractivity contribution >= 4 is 11.7 Å². The standard InChI is InChI=1S/C11H11F3N2O3/c1-2-19-9(18)6-8(11(12,13)14)16-5-3-4-7(17)10(16)15/h3-6,15,17H,2H2,1H3/b8-6+,15-10?.